The lowest BCUT2D eigenvalue weighted by Gasteiger charge is -2.20. The minimum atomic E-state index is 0.184. The van der Waals surface area contributed by atoms with E-state index in [1.807, 2.05) is 60.1 Å². The quantitative estimate of drug-likeness (QED) is 0.667. The summed E-state index contributed by atoms with van der Waals surface area (Å²) in [7, 11) is 1.65. The minimum absolute atomic E-state index is 0.184. The highest BCUT2D eigenvalue weighted by Crippen LogP contribution is 2.33. The van der Waals surface area contributed by atoms with Crippen molar-refractivity contribution >= 4 is 17.5 Å². The van der Waals surface area contributed by atoms with Gasteiger partial charge in [-0.1, -0.05) is 11.8 Å². The van der Waals surface area contributed by atoms with Crippen LogP contribution < -0.4 is 9.47 Å². The lowest BCUT2D eigenvalue weighted by atomic mass is 10.1. The lowest BCUT2D eigenvalue weighted by molar-refractivity contribution is 0.340. The molecule has 1 atom stereocenters. The molecule has 2 heterocycles. The van der Waals surface area contributed by atoms with Gasteiger partial charge in [0.2, 0.25) is 5.16 Å². The third-order valence-electron chi connectivity index (χ3n) is 4.30. The molecule has 0 saturated heterocycles. The minimum Gasteiger partial charge on any atom is -0.497 e. The van der Waals surface area contributed by atoms with Crippen LogP contribution >= 0.6 is 11.8 Å². The van der Waals surface area contributed by atoms with Crippen molar-refractivity contribution in [3.8, 4) is 22.9 Å². The predicted molar refractivity (Wildman–Crippen MR) is 107 cm³/mol. The largest absolute Gasteiger partial charge is 0.497 e. The van der Waals surface area contributed by atoms with Crippen molar-refractivity contribution < 1.29 is 9.47 Å². The first kappa shape index (κ1) is 17.6. The summed E-state index contributed by atoms with van der Waals surface area (Å²) in [5.41, 5.74) is 3.00. The normalized spacial score (nSPS) is 15.8. The highest BCUT2D eigenvalue weighted by molar-refractivity contribution is 8.00. The van der Waals surface area contributed by atoms with Crippen LogP contribution in [0.25, 0.3) is 11.4 Å². The number of aromatic nitrogens is 3. The average Bonchev–Trinajstić information content (AvgIpc) is 3.11. The van der Waals surface area contributed by atoms with E-state index >= 15 is 0 Å². The summed E-state index contributed by atoms with van der Waals surface area (Å²) in [4.78, 5) is 0. The Labute approximate surface area is 162 Å². The zero-order chi connectivity index (χ0) is 18.8. The molecule has 0 bridgehead atoms. The lowest BCUT2D eigenvalue weighted by Crippen LogP contribution is -2.21. The van der Waals surface area contributed by atoms with Crippen molar-refractivity contribution in [3.63, 3.8) is 0 Å². The number of hydrogen-bond acceptors (Lipinski definition) is 6. The van der Waals surface area contributed by atoms with E-state index in [0.717, 1.165) is 39.3 Å². The van der Waals surface area contributed by atoms with E-state index in [2.05, 4.69) is 17.1 Å². The molecule has 2 aromatic carbocycles. The Kier molecular flexibility index (Phi) is 4.85. The summed E-state index contributed by atoms with van der Waals surface area (Å²) in [5, 5.41) is 14.5. The van der Waals surface area contributed by atoms with Crippen molar-refractivity contribution in [1.29, 1.82) is 0 Å². The molecule has 0 unspecified atom stereocenters. The van der Waals surface area contributed by atoms with Gasteiger partial charge in [-0.25, -0.2) is 0 Å². The van der Waals surface area contributed by atoms with Gasteiger partial charge in [0.25, 0.3) is 0 Å². The van der Waals surface area contributed by atoms with Gasteiger partial charge >= 0.3 is 0 Å². The van der Waals surface area contributed by atoms with Crippen LogP contribution in [0.3, 0.4) is 0 Å². The summed E-state index contributed by atoms with van der Waals surface area (Å²) in [6.45, 7) is 4.76. The second-order valence-electron chi connectivity index (χ2n) is 6.05. The maximum atomic E-state index is 5.53. The second kappa shape index (κ2) is 7.44. The molecule has 0 fully saturated rings. The second-order valence-corrected chi connectivity index (χ2v) is 7.36. The summed E-state index contributed by atoms with van der Waals surface area (Å²) in [5.74, 6) is 2.39. The molecule has 0 N–H and O–H groups in total. The first-order valence-corrected chi connectivity index (χ1v) is 9.66. The van der Waals surface area contributed by atoms with E-state index < -0.39 is 0 Å². The first-order valence-electron chi connectivity index (χ1n) is 8.78. The van der Waals surface area contributed by atoms with Crippen molar-refractivity contribution in [2.24, 2.45) is 5.10 Å². The van der Waals surface area contributed by atoms with E-state index in [0.29, 0.717) is 6.61 Å². The van der Waals surface area contributed by atoms with Gasteiger partial charge in [-0.05, 0) is 67.9 Å². The molecular formula is C20H20N4O2S. The smallest absolute Gasteiger partial charge is 0.213 e. The van der Waals surface area contributed by atoms with Crippen molar-refractivity contribution in [2.45, 2.75) is 24.3 Å². The fourth-order valence-electron chi connectivity index (χ4n) is 2.93. The van der Waals surface area contributed by atoms with Crippen molar-refractivity contribution in [1.82, 2.24) is 14.9 Å². The monoisotopic (exact) mass is 380 g/mol. The first-order chi connectivity index (χ1) is 13.2. The van der Waals surface area contributed by atoms with Crippen LogP contribution in [0.15, 0.2) is 58.8 Å². The highest BCUT2D eigenvalue weighted by atomic mass is 32.2. The van der Waals surface area contributed by atoms with Crippen LogP contribution in [-0.2, 0) is 0 Å². The summed E-state index contributed by atoms with van der Waals surface area (Å²) >= 11 is 1.66. The topological polar surface area (TPSA) is 61.5 Å². The van der Waals surface area contributed by atoms with E-state index in [1.165, 1.54) is 0 Å². The standard InChI is InChI=1S/C20H20N4O2S/c1-4-26-17-11-5-14(6-12-17)18-13(2)27-20-22-21-19(24(20)23-18)15-7-9-16(25-3)10-8-15/h5-13H,4H2,1-3H3/t13-/m0/s1. The SMILES string of the molecule is CCOc1ccc(C2=Nn3c(nnc3-c3ccc(OC)cc3)S[C@H]2C)cc1. The van der Waals surface area contributed by atoms with Gasteiger partial charge in [0.1, 0.15) is 11.5 Å². The Bertz CT molecular complexity index is 965. The van der Waals surface area contributed by atoms with Crippen LogP contribution in [0.5, 0.6) is 11.5 Å². The Morgan fingerprint density at radius 3 is 2.30 bits per heavy atom. The highest BCUT2D eigenvalue weighted by Gasteiger charge is 2.26. The maximum Gasteiger partial charge on any atom is 0.213 e. The Balaban J connectivity index is 1.71. The molecule has 1 aliphatic rings. The fourth-order valence-corrected chi connectivity index (χ4v) is 3.86. The molecule has 1 aliphatic heterocycles. The molecule has 1 aromatic heterocycles. The number of rotatable bonds is 5. The maximum absolute atomic E-state index is 5.53. The van der Waals surface area contributed by atoms with Crippen LogP contribution in [0.4, 0.5) is 0 Å². The summed E-state index contributed by atoms with van der Waals surface area (Å²) < 4.78 is 12.6. The van der Waals surface area contributed by atoms with E-state index in [-0.39, 0.29) is 5.25 Å². The molecule has 3 aromatic rings. The van der Waals surface area contributed by atoms with Gasteiger partial charge in [-0.15, -0.1) is 10.2 Å². The molecule has 27 heavy (non-hydrogen) atoms. The van der Waals surface area contributed by atoms with Gasteiger partial charge in [0.05, 0.1) is 24.7 Å². The Morgan fingerprint density at radius 2 is 1.63 bits per heavy atom. The van der Waals surface area contributed by atoms with E-state index in [9.17, 15) is 0 Å². The van der Waals surface area contributed by atoms with E-state index in [1.54, 1.807) is 18.9 Å². The van der Waals surface area contributed by atoms with Crippen LogP contribution in [0, 0.1) is 0 Å². The summed E-state index contributed by atoms with van der Waals surface area (Å²) in [6.07, 6.45) is 0. The molecule has 6 nitrogen and oxygen atoms in total. The number of fused-ring (bicyclic) bond motifs is 1. The molecule has 138 valence electrons. The van der Waals surface area contributed by atoms with Gasteiger partial charge in [-0.3, -0.25) is 0 Å². The third kappa shape index (κ3) is 3.42. The van der Waals surface area contributed by atoms with Crippen LogP contribution in [0.1, 0.15) is 19.4 Å². The van der Waals surface area contributed by atoms with Gasteiger partial charge < -0.3 is 9.47 Å². The van der Waals surface area contributed by atoms with Gasteiger partial charge in [0, 0.05) is 5.56 Å². The predicted octanol–water partition coefficient (Wildman–Crippen LogP) is 4.10. The zero-order valence-electron chi connectivity index (χ0n) is 15.4. The fraction of sp³-hybridized carbons (Fsp3) is 0.250. The third-order valence-corrected chi connectivity index (χ3v) is 5.34. The van der Waals surface area contributed by atoms with Crippen molar-refractivity contribution in [2.75, 3.05) is 13.7 Å². The van der Waals surface area contributed by atoms with E-state index in [4.69, 9.17) is 14.6 Å². The molecule has 4 rings (SSSR count). The number of methoxy groups -OCH3 is 1. The van der Waals surface area contributed by atoms with Gasteiger partial charge in [-0.2, -0.15) is 9.78 Å². The molecule has 0 amide bonds. The number of nitrogens with zero attached hydrogens (tertiary/aromatic N) is 4. The molecular weight excluding hydrogens is 360 g/mol. The number of hydrogen-bond donors (Lipinski definition) is 0. The molecule has 0 radical (unpaired) electrons. The Morgan fingerprint density at radius 1 is 0.963 bits per heavy atom. The van der Waals surface area contributed by atoms with Crippen LogP contribution in [-0.4, -0.2) is 39.6 Å². The molecule has 0 spiro atoms. The van der Waals surface area contributed by atoms with Crippen molar-refractivity contribution in [3.05, 3.63) is 54.1 Å². The summed E-state index contributed by atoms with van der Waals surface area (Å²) in [6, 6.07) is 15.8. The zero-order valence-corrected chi connectivity index (χ0v) is 16.2. The van der Waals surface area contributed by atoms with Crippen LogP contribution in [0.2, 0.25) is 0 Å². The molecule has 0 aliphatic carbocycles. The Hall–Kier alpha value is -2.80. The molecule has 0 saturated carbocycles. The number of ether oxygens (including phenoxy) is 2. The average molecular weight is 380 g/mol. The van der Waals surface area contributed by atoms with Gasteiger partial charge in [0.15, 0.2) is 5.82 Å². The number of benzene rings is 2. The molecule has 7 heteroatoms. The number of thioether (sulfide) groups is 1.